The van der Waals surface area contributed by atoms with E-state index in [0.717, 1.165) is 0 Å². The fourth-order valence-corrected chi connectivity index (χ4v) is 9.35. The molecular formula is C40H60O18. The van der Waals surface area contributed by atoms with Gasteiger partial charge >= 0.3 is 23.9 Å². The molecule has 6 bridgehead atoms. The Bertz CT molecular complexity index is 1580. The minimum atomic E-state index is -1.90. The number of allylic oxidation sites excluding steroid dienone is 1. The molecule has 0 amide bonds. The van der Waals surface area contributed by atoms with Gasteiger partial charge in [0.05, 0.1) is 24.5 Å². The number of aliphatic hydroxyl groups excluding tert-OH is 6. The van der Waals surface area contributed by atoms with Crippen LogP contribution in [-0.4, -0.2) is 153 Å². The zero-order valence-corrected chi connectivity index (χ0v) is 33.9. The summed E-state index contributed by atoms with van der Waals surface area (Å²) >= 11 is 0. The summed E-state index contributed by atoms with van der Waals surface area (Å²) < 4.78 is 39.7. The van der Waals surface area contributed by atoms with Gasteiger partial charge in [-0.3, -0.25) is 14.4 Å². The highest BCUT2D eigenvalue weighted by Crippen LogP contribution is 2.63. The molecule has 2 aliphatic carbocycles. The lowest BCUT2D eigenvalue weighted by molar-refractivity contribution is -0.326. The van der Waals surface area contributed by atoms with E-state index in [1.54, 1.807) is 19.1 Å². The first-order valence-corrected chi connectivity index (χ1v) is 19.9. The van der Waals surface area contributed by atoms with Crippen molar-refractivity contribution < 1.29 is 88.1 Å². The van der Waals surface area contributed by atoms with Crippen LogP contribution in [-0.2, 0) is 52.3 Å². The van der Waals surface area contributed by atoms with Crippen LogP contribution in [0.3, 0.4) is 0 Å². The van der Waals surface area contributed by atoms with Crippen LogP contribution >= 0.6 is 0 Å². The van der Waals surface area contributed by atoms with E-state index in [-0.39, 0.29) is 30.4 Å². The smallest absolute Gasteiger partial charge is 0.336 e. The molecule has 3 aliphatic heterocycles. The lowest BCUT2D eigenvalue weighted by atomic mass is 9.46. The fourth-order valence-electron chi connectivity index (χ4n) is 9.35. The summed E-state index contributed by atoms with van der Waals surface area (Å²) in [4.78, 5) is 51.3. The molecule has 0 spiro atoms. The van der Waals surface area contributed by atoms with Gasteiger partial charge in [0.15, 0.2) is 6.29 Å². The second kappa shape index (κ2) is 18.3. The van der Waals surface area contributed by atoms with E-state index < -0.39 is 134 Å². The molecule has 0 aromatic rings. The van der Waals surface area contributed by atoms with Gasteiger partial charge in [-0.15, -0.1) is 0 Å². The molecule has 5 aliphatic rings. The first-order chi connectivity index (χ1) is 27.1. The van der Waals surface area contributed by atoms with E-state index >= 15 is 0 Å². The van der Waals surface area contributed by atoms with Gasteiger partial charge in [-0.1, -0.05) is 32.4 Å². The highest BCUT2D eigenvalue weighted by Gasteiger charge is 2.60. The quantitative estimate of drug-likeness (QED) is 0.110. The third-order valence-electron chi connectivity index (χ3n) is 13.0. The number of ether oxygens (including phenoxy) is 7. The maximum Gasteiger partial charge on any atom is 0.336 e. The average molecular weight is 829 g/mol. The van der Waals surface area contributed by atoms with Gasteiger partial charge in [-0.25, -0.2) is 4.79 Å². The maximum atomic E-state index is 14.2. The molecule has 328 valence electrons. The highest BCUT2D eigenvalue weighted by atomic mass is 16.7. The molecular weight excluding hydrogens is 768 g/mol. The van der Waals surface area contributed by atoms with Gasteiger partial charge in [0.25, 0.3) is 0 Å². The third kappa shape index (κ3) is 9.77. The molecule has 7 N–H and O–H groups in total. The summed E-state index contributed by atoms with van der Waals surface area (Å²) in [5.74, 6) is -3.67. The first-order valence-electron chi connectivity index (χ1n) is 19.9. The molecule has 0 aromatic heterocycles. The van der Waals surface area contributed by atoms with E-state index in [2.05, 4.69) is 6.92 Å². The Hall–Kier alpha value is -3.04. The van der Waals surface area contributed by atoms with Gasteiger partial charge in [0, 0.05) is 23.3 Å². The number of fused-ring (bicyclic) bond motifs is 2. The first kappa shape index (κ1) is 46.0. The van der Waals surface area contributed by atoms with Crippen LogP contribution in [0, 0.1) is 22.7 Å². The molecule has 0 radical (unpaired) electrons. The van der Waals surface area contributed by atoms with Crippen LogP contribution < -0.4 is 0 Å². The van der Waals surface area contributed by atoms with Crippen molar-refractivity contribution in [2.75, 3.05) is 19.8 Å². The Morgan fingerprint density at radius 1 is 0.862 bits per heavy atom. The Labute approximate surface area is 337 Å². The second-order valence-electron chi connectivity index (χ2n) is 17.3. The highest BCUT2D eigenvalue weighted by molar-refractivity contribution is 5.90. The zero-order valence-electron chi connectivity index (χ0n) is 33.9. The van der Waals surface area contributed by atoms with Crippen LogP contribution in [0.4, 0.5) is 0 Å². The van der Waals surface area contributed by atoms with Crippen LogP contribution in [0.5, 0.6) is 0 Å². The number of hydrogen-bond acceptors (Lipinski definition) is 18. The lowest BCUT2D eigenvalue weighted by Crippen LogP contribution is -2.62. The normalized spacial score (nSPS) is 45.7. The molecule has 3 heterocycles. The van der Waals surface area contributed by atoms with Gasteiger partial charge in [-0.05, 0) is 63.9 Å². The Morgan fingerprint density at radius 3 is 2.19 bits per heavy atom. The molecule has 16 atom stereocenters. The third-order valence-corrected chi connectivity index (χ3v) is 13.0. The van der Waals surface area contributed by atoms with Crippen molar-refractivity contribution in [1.82, 2.24) is 0 Å². The van der Waals surface area contributed by atoms with Gasteiger partial charge in [0.2, 0.25) is 6.29 Å². The van der Waals surface area contributed by atoms with E-state index in [1.165, 1.54) is 13.8 Å². The molecule has 3 fully saturated rings. The lowest BCUT2D eigenvalue weighted by Gasteiger charge is -2.60. The summed E-state index contributed by atoms with van der Waals surface area (Å²) in [6, 6.07) is 0. The van der Waals surface area contributed by atoms with Gasteiger partial charge in [-0.2, -0.15) is 0 Å². The SMILES string of the molecule is CC(=O)OC[C@H]1O[C@@H](O[C@@H]2C/C(C)=C\COC(=O)C[C@@](C)(O)CC(=O)OC[C@@H]3O[C@H](OC(=O)C4=CCC[C@@H]5[C@]2(C)[C@H](C)CC[C@@]45C)[C@@H](O)[C@H](O)[C@H]3O)[C@H](O)[C@@H](O)[C@@H]1O. The van der Waals surface area contributed by atoms with Crippen molar-refractivity contribution in [3.63, 3.8) is 0 Å². The average Bonchev–Trinajstić information content (AvgIpc) is 3.14. The number of aliphatic hydroxyl groups is 7. The zero-order chi connectivity index (χ0) is 42.9. The van der Waals surface area contributed by atoms with Crippen molar-refractivity contribution in [1.29, 1.82) is 0 Å². The topological polar surface area (TPSA) is 274 Å². The number of carbonyl (C=O) groups excluding carboxylic acids is 4. The van der Waals surface area contributed by atoms with Crippen molar-refractivity contribution in [2.24, 2.45) is 22.7 Å². The summed E-state index contributed by atoms with van der Waals surface area (Å²) in [6.45, 7) is 8.89. The monoisotopic (exact) mass is 828 g/mol. The van der Waals surface area contributed by atoms with Crippen LogP contribution in [0.1, 0.15) is 86.5 Å². The van der Waals surface area contributed by atoms with Crippen molar-refractivity contribution in [3.05, 3.63) is 23.3 Å². The van der Waals surface area contributed by atoms with Crippen molar-refractivity contribution in [2.45, 2.75) is 160 Å². The summed E-state index contributed by atoms with van der Waals surface area (Å²) in [7, 11) is 0. The minimum absolute atomic E-state index is 0.0824. The number of rotatable bonds is 4. The number of cyclic esters (lactones) is 2. The predicted octanol–water partition coefficient (Wildman–Crippen LogP) is -0.160. The van der Waals surface area contributed by atoms with Gasteiger partial charge in [0.1, 0.15) is 68.7 Å². The fraction of sp³-hybridized carbons (Fsp3) is 0.800. The number of carbonyl (C=O) groups is 4. The summed E-state index contributed by atoms with van der Waals surface area (Å²) in [5.41, 5.74) is -2.62. The molecule has 58 heavy (non-hydrogen) atoms. The van der Waals surface area contributed by atoms with E-state index in [0.29, 0.717) is 31.3 Å². The van der Waals surface area contributed by atoms with Crippen LogP contribution in [0.2, 0.25) is 0 Å². The summed E-state index contributed by atoms with van der Waals surface area (Å²) in [6.07, 6.45) is -12.9. The maximum absolute atomic E-state index is 14.2. The van der Waals surface area contributed by atoms with E-state index in [4.69, 9.17) is 33.2 Å². The predicted molar refractivity (Wildman–Crippen MR) is 197 cm³/mol. The molecule has 0 unspecified atom stereocenters. The Balaban J connectivity index is 1.53. The Morgan fingerprint density at radius 2 is 1.52 bits per heavy atom. The minimum Gasteiger partial charge on any atom is -0.463 e. The molecule has 0 aromatic carbocycles. The standard InChI is InChI=1S/C40H60O18/c1-19-11-13-52-27(42)15-38(4,51)16-28(43)54-18-24-30(45)32(47)34(49)37(56-24)58-35(50)22-8-7-9-25-39(22,5)12-10-20(2)40(25,6)26(14-19)57-36-33(48)31(46)29(44)23(55-36)17-53-21(3)41/h8,11,20,23-26,29-34,36-37,44-49,51H,7,9-10,12-18H2,1-6H3/b19-11-/t20-,23-,24+,25+,26-,29-,30+,31+,32-,33-,34+,36+,37-,38-,39+,40+/m1/s1. The largest absolute Gasteiger partial charge is 0.463 e. The van der Waals surface area contributed by atoms with E-state index in [1.807, 2.05) is 13.8 Å². The number of esters is 4. The van der Waals surface area contributed by atoms with Gasteiger partial charge < -0.3 is 68.9 Å². The summed E-state index contributed by atoms with van der Waals surface area (Å²) in [5, 5.41) is 75.8. The molecule has 1 saturated carbocycles. The van der Waals surface area contributed by atoms with E-state index in [9.17, 15) is 54.9 Å². The molecule has 5 rings (SSSR count). The van der Waals surface area contributed by atoms with Crippen molar-refractivity contribution in [3.8, 4) is 0 Å². The molecule has 18 nitrogen and oxygen atoms in total. The molecule has 18 heteroatoms. The molecule has 2 saturated heterocycles. The number of hydrogen-bond donors (Lipinski definition) is 7. The second-order valence-corrected chi connectivity index (χ2v) is 17.3. The van der Waals surface area contributed by atoms with Crippen molar-refractivity contribution >= 4 is 23.9 Å². The van der Waals surface area contributed by atoms with Crippen LogP contribution in [0.25, 0.3) is 0 Å². The Kier molecular flexibility index (Phi) is 14.5. The van der Waals surface area contributed by atoms with Crippen LogP contribution in [0.15, 0.2) is 23.3 Å².